The first-order valence-corrected chi connectivity index (χ1v) is 5.94. The Kier molecular flexibility index (Phi) is 3.06. The Bertz CT molecular complexity index is 661. The lowest BCUT2D eigenvalue weighted by atomic mass is 10.1. The Hall–Kier alpha value is -2.50. The zero-order valence-electron chi connectivity index (χ0n) is 10.3. The lowest BCUT2D eigenvalue weighted by Gasteiger charge is -2.09. The van der Waals surface area contributed by atoms with E-state index in [2.05, 4.69) is 5.32 Å². The van der Waals surface area contributed by atoms with Crippen LogP contribution in [-0.2, 0) is 6.54 Å². The number of phenols is 1. The van der Waals surface area contributed by atoms with Gasteiger partial charge in [-0.1, -0.05) is 0 Å². The molecule has 0 saturated carbocycles. The average molecular weight is 279 g/mol. The molecule has 1 heterocycles. The lowest BCUT2D eigenvalue weighted by Crippen LogP contribution is -2.00. The molecule has 2 aromatic rings. The molecule has 3 rings (SSSR count). The molecule has 0 spiro atoms. The maximum Gasteiger partial charge on any atom is 0.231 e. The third kappa shape index (κ3) is 2.32. The van der Waals surface area contributed by atoms with Gasteiger partial charge < -0.3 is 19.9 Å². The standard InChI is InChI=1S/C14H11F2NO3/c15-10-2-1-9(4-11(10)16)17-6-8-3-13-14(5-12(8)18)20-7-19-13/h1-5,17-18H,6-7H2. The molecule has 1 aliphatic heterocycles. The second kappa shape index (κ2) is 4.88. The van der Waals surface area contributed by atoms with E-state index in [0.29, 0.717) is 22.7 Å². The first-order valence-electron chi connectivity index (χ1n) is 5.94. The zero-order valence-corrected chi connectivity index (χ0v) is 10.3. The van der Waals surface area contributed by atoms with Crippen LogP contribution in [-0.4, -0.2) is 11.9 Å². The van der Waals surface area contributed by atoms with Crippen LogP contribution in [0.2, 0.25) is 0 Å². The van der Waals surface area contributed by atoms with Gasteiger partial charge in [-0.05, 0) is 18.2 Å². The second-order valence-electron chi connectivity index (χ2n) is 4.32. The van der Waals surface area contributed by atoms with Crippen LogP contribution in [0.5, 0.6) is 17.2 Å². The number of ether oxygens (including phenoxy) is 2. The number of anilines is 1. The van der Waals surface area contributed by atoms with Gasteiger partial charge in [-0.15, -0.1) is 0 Å². The normalized spacial score (nSPS) is 12.5. The molecule has 1 aliphatic rings. The molecule has 0 atom stereocenters. The van der Waals surface area contributed by atoms with Crippen molar-refractivity contribution in [1.29, 1.82) is 0 Å². The summed E-state index contributed by atoms with van der Waals surface area (Å²) in [6, 6.07) is 6.62. The van der Waals surface area contributed by atoms with Crippen molar-refractivity contribution >= 4 is 5.69 Å². The van der Waals surface area contributed by atoms with E-state index in [-0.39, 0.29) is 19.1 Å². The van der Waals surface area contributed by atoms with Crippen molar-refractivity contribution in [1.82, 2.24) is 0 Å². The van der Waals surface area contributed by atoms with Crippen molar-refractivity contribution in [3.05, 3.63) is 47.5 Å². The van der Waals surface area contributed by atoms with E-state index in [0.717, 1.165) is 12.1 Å². The van der Waals surface area contributed by atoms with Crippen LogP contribution in [0.1, 0.15) is 5.56 Å². The summed E-state index contributed by atoms with van der Waals surface area (Å²) in [7, 11) is 0. The topological polar surface area (TPSA) is 50.7 Å². The van der Waals surface area contributed by atoms with Crippen LogP contribution >= 0.6 is 0 Å². The Morgan fingerprint density at radius 2 is 1.80 bits per heavy atom. The van der Waals surface area contributed by atoms with Crippen molar-refractivity contribution in [3.63, 3.8) is 0 Å². The van der Waals surface area contributed by atoms with E-state index in [4.69, 9.17) is 9.47 Å². The number of halogens is 2. The van der Waals surface area contributed by atoms with Gasteiger partial charge in [0.15, 0.2) is 23.1 Å². The average Bonchev–Trinajstić information content (AvgIpc) is 2.87. The summed E-state index contributed by atoms with van der Waals surface area (Å²) in [5.74, 6) is -0.750. The first kappa shape index (κ1) is 12.5. The minimum atomic E-state index is -0.926. The third-order valence-electron chi connectivity index (χ3n) is 2.98. The fourth-order valence-corrected chi connectivity index (χ4v) is 1.92. The first-order chi connectivity index (χ1) is 9.63. The molecule has 0 saturated heterocycles. The minimum Gasteiger partial charge on any atom is -0.507 e. The number of rotatable bonds is 3. The van der Waals surface area contributed by atoms with Gasteiger partial charge in [-0.3, -0.25) is 0 Å². The van der Waals surface area contributed by atoms with Crippen molar-refractivity contribution in [3.8, 4) is 17.2 Å². The highest BCUT2D eigenvalue weighted by Gasteiger charge is 2.16. The number of aromatic hydroxyl groups is 1. The maximum atomic E-state index is 13.1. The molecule has 0 aromatic heterocycles. The summed E-state index contributed by atoms with van der Waals surface area (Å²) in [5.41, 5.74) is 0.986. The molecule has 0 bridgehead atoms. The highest BCUT2D eigenvalue weighted by atomic mass is 19.2. The Morgan fingerprint density at radius 3 is 2.55 bits per heavy atom. The monoisotopic (exact) mass is 279 g/mol. The molecule has 0 aliphatic carbocycles. The van der Waals surface area contributed by atoms with Gasteiger partial charge in [0.05, 0.1) is 0 Å². The summed E-state index contributed by atoms with van der Waals surface area (Å²) in [4.78, 5) is 0. The van der Waals surface area contributed by atoms with Crippen LogP contribution in [0.3, 0.4) is 0 Å². The molecule has 6 heteroatoms. The largest absolute Gasteiger partial charge is 0.507 e. The van der Waals surface area contributed by atoms with Gasteiger partial charge in [0, 0.05) is 29.9 Å². The van der Waals surface area contributed by atoms with Crippen LogP contribution in [0, 0.1) is 11.6 Å². The van der Waals surface area contributed by atoms with Gasteiger partial charge in [0.25, 0.3) is 0 Å². The van der Waals surface area contributed by atoms with Crippen LogP contribution in [0.25, 0.3) is 0 Å². The second-order valence-corrected chi connectivity index (χ2v) is 4.32. The minimum absolute atomic E-state index is 0.0457. The van der Waals surface area contributed by atoms with Gasteiger partial charge in [-0.2, -0.15) is 0 Å². The van der Waals surface area contributed by atoms with Gasteiger partial charge in [-0.25, -0.2) is 8.78 Å². The molecule has 0 amide bonds. The van der Waals surface area contributed by atoms with E-state index < -0.39 is 11.6 Å². The molecule has 4 nitrogen and oxygen atoms in total. The maximum absolute atomic E-state index is 13.1. The quantitative estimate of drug-likeness (QED) is 0.906. The summed E-state index contributed by atoms with van der Waals surface area (Å²) in [6.07, 6.45) is 0. The number of hydrogen-bond acceptors (Lipinski definition) is 4. The van der Waals surface area contributed by atoms with Crippen molar-refractivity contribution in [2.24, 2.45) is 0 Å². The van der Waals surface area contributed by atoms with Crippen molar-refractivity contribution < 1.29 is 23.4 Å². The number of nitrogens with one attached hydrogen (secondary N) is 1. The summed E-state index contributed by atoms with van der Waals surface area (Å²) in [5, 5.41) is 12.7. The number of fused-ring (bicyclic) bond motifs is 1. The summed E-state index contributed by atoms with van der Waals surface area (Å²) in [6.45, 7) is 0.363. The number of benzene rings is 2. The molecule has 20 heavy (non-hydrogen) atoms. The number of phenolic OH excluding ortho intramolecular Hbond substituents is 1. The molecule has 0 fully saturated rings. The third-order valence-corrected chi connectivity index (χ3v) is 2.98. The molecular formula is C14H11F2NO3. The Labute approximate surface area is 113 Å². The Morgan fingerprint density at radius 1 is 1.05 bits per heavy atom. The van der Waals surface area contributed by atoms with Gasteiger partial charge in [0.1, 0.15) is 5.75 Å². The van der Waals surface area contributed by atoms with Gasteiger partial charge in [0.2, 0.25) is 6.79 Å². The van der Waals surface area contributed by atoms with Crippen LogP contribution < -0.4 is 14.8 Å². The summed E-state index contributed by atoms with van der Waals surface area (Å²) < 4.78 is 36.2. The molecule has 0 radical (unpaired) electrons. The zero-order chi connectivity index (χ0) is 14.1. The molecular weight excluding hydrogens is 268 g/mol. The molecule has 104 valence electrons. The lowest BCUT2D eigenvalue weighted by molar-refractivity contribution is 0.174. The predicted octanol–water partition coefficient (Wildman–Crippen LogP) is 3.01. The predicted molar refractivity (Wildman–Crippen MR) is 67.9 cm³/mol. The highest BCUT2D eigenvalue weighted by molar-refractivity contribution is 5.53. The smallest absolute Gasteiger partial charge is 0.231 e. The molecule has 0 unspecified atom stereocenters. The molecule has 2 N–H and O–H groups in total. The fourth-order valence-electron chi connectivity index (χ4n) is 1.92. The molecule has 2 aromatic carbocycles. The van der Waals surface area contributed by atoms with E-state index in [1.807, 2.05) is 0 Å². The SMILES string of the molecule is Oc1cc2c(cc1CNc1ccc(F)c(F)c1)OCO2. The van der Waals surface area contributed by atoms with Crippen LogP contribution in [0.4, 0.5) is 14.5 Å². The van der Waals surface area contributed by atoms with E-state index >= 15 is 0 Å². The van der Waals surface area contributed by atoms with E-state index in [9.17, 15) is 13.9 Å². The van der Waals surface area contributed by atoms with Gasteiger partial charge >= 0.3 is 0 Å². The highest BCUT2D eigenvalue weighted by Crippen LogP contribution is 2.37. The van der Waals surface area contributed by atoms with E-state index in [1.165, 1.54) is 12.1 Å². The Balaban J connectivity index is 1.76. The van der Waals surface area contributed by atoms with E-state index in [1.54, 1.807) is 6.07 Å². The van der Waals surface area contributed by atoms with Crippen molar-refractivity contribution in [2.75, 3.05) is 12.1 Å². The van der Waals surface area contributed by atoms with Crippen LogP contribution in [0.15, 0.2) is 30.3 Å². The fraction of sp³-hybridized carbons (Fsp3) is 0.143. The number of hydrogen-bond donors (Lipinski definition) is 2. The summed E-state index contributed by atoms with van der Waals surface area (Å²) >= 11 is 0. The van der Waals surface area contributed by atoms with Crippen molar-refractivity contribution in [2.45, 2.75) is 6.54 Å².